The molecule has 2 aliphatic carbocycles. The van der Waals surface area contributed by atoms with Crippen molar-refractivity contribution in [2.24, 2.45) is 26.5 Å². The van der Waals surface area contributed by atoms with E-state index < -0.39 is 15.8 Å². The normalized spacial score (nSPS) is 16.9. The summed E-state index contributed by atoms with van der Waals surface area (Å²) in [4.78, 5) is 20.2. The number of nitro groups is 1. The van der Waals surface area contributed by atoms with Crippen LogP contribution in [0.4, 0.5) is 11.4 Å². The highest BCUT2D eigenvalue weighted by molar-refractivity contribution is 8.00. The third kappa shape index (κ3) is 5.38. The third-order valence-corrected chi connectivity index (χ3v) is 7.83. The van der Waals surface area contributed by atoms with E-state index in [1.807, 2.05) is 32.0 Å². The van der Waals surface area contributed by atoms with E-state index in [9.17, 15) is 20.5 Å². The number of phenolic OH excluding ortho intramolecular Hbond substituents is 1. The highest BCUT2D eigenvalue weighted by Gasteiger charge is 2.46. The van der Waals surface area contributed by atoms with Gasteiger partial charge < -0.3 is 15.1 Å². The predicted octanol–water partition coefficient (Wildman–Crippen LogP) is 6.13. The van der Waals surface area contributed by atoms with Crippen molar-refractivity contribution in [3.63, 3.8) is 0 Å². The number of nitrogens with two attached hydrogens (primary N) is 1. The van der Waals surface area contributed by atoms with Gasteiger partial charge in [0.15, 0.2) is 0 Å². The molecule has 1 saturated carbocycles. The summed E-state index contributed by atoms with van der Waals surface area (Å²) in [6.07, 6.45) is 1.96. The summed E-state index contributed by atoms with van der Waals surface area (Å²) in [5.41, 5.74) is 8.61. The monoisotopic (exact) mass is 534 g/mol. The van der Waals surface area contributed by atoms with Crippen molar-refractivity contribution >= 4 is 41.6 Å². The van der Waals surface area contributed by atoms with Gasteiger partial charge in [-0.3, -0.25) is 20.1 Å². The smallest absolute Gasteiger partial charge is 0.284 e. The van der Waals surface area contributed by atoms with Crippen LogP contribution in [0.15, 0.2) is 56.9 Å². The highest BCUT2D eigenvalue weighted by atomic mass is 32.2. The second-order valence-electron chi connectivity index (χ2n) is 9.76. The fourth-order valence-corrected chi connectivity index (χ4v) is 5.94. The van der Waals surface area contributed by atoms with Gasteiger partial charge in [-0.2, -0.15) is 5.26 Å². The maximum absolute atomic E-state index is 11.7. The first kappa shape index (κ1) is 28.7. The molecule has 2 aromatic carbocycles. The van der Waals surface area contributed by atoms with E-state index in [4.69, 9.17) is 5.73 Å². The number of phenols is 1. The Bertz CT molecular complexity index is 1350. The average molecular weight is 535 g/mol. The summed E-state index contributed by atoms with van der Waals surface area (Å²) in [5, 5.41) is 32.7. The first-order valence-electron chi connectivity index (χ1n) is 12.5. The number of anilines is 1. The Hall–Kier alpha value is -3.84. The average Bonchev–Trinajstić information content (AvgIpc) is 3.67. The fourth-order valence-electron chi connectivity index (χ4n) is 4.72. The molecule has 38 heavy (non-hydrogen) atoms. The molecular weight excluding hydrogens is 500 g/mol. The first-order valence-corrected chi connectivity index (χ1v) is 13.2. The Labute approximate surface area is 228 Å². The van der Waals surface area contributed by atoms with Crippen LogP contribution in [0.1, 0.15) is 51.7 Å². The molecular formula is C28H34N6O3S. The third-order valence-electron chi connectivity index (χ3n) is 6.76. The van der Waals surface area contributed by atoms with Crippen LogP contribution in [-0.2, 0) is 6.42 Å². The van der Waals surface area contributed by atoms with Gasteiger partial charge in [0.05, 0.1) is 27.8 Å². The molecule has 2 aliphatic rings. The van der Waals surface area contributed by atoms with Gasteiger partial charge in [0.25, 0.3) is 5.69 Å². The largest absolute Gasteiger partial charge is 0.506 e. The number of para-hydroxylation sites is 1. The molecule has 0 bridgehead atoms. The Morgan fingerprint density at radius 2 is 1.95 bits per heavy atom. The van der Waals surface area contributed by atoms with Gasteiger partial charge in [0.2, 0.25) is 0 Å². The second kappa shape index (κ2) is 11.3. The number of nitrogens with zero attached hydrogens (tertiary/aromatic N) is 5. The highest BCUT2D eigenvalue weighted by Crippen LogP contribution is 2.53. The molecule has 1 fully saturated rings. The van der Waals surface area contributed by atoms with E-state index in [0.29, 0.717) is 35.1 Å². The SMILES string of the molecule is C=NC1=C(C(N)=NC)C(C)(C)Cc2c1ccc(O)c2N(CC1(C#N)CC1)Sc1ccccc1[N+](=O)[O-].CC. The van der Waals surface area contributed by atoms with Gasteiger partial charge in [-0.15, -0.1) is 0 Å². The summed E-state index contributed by atoms with van der Waals surface area (Å²) < 4.78 is 1.83. The topological polar surface area (TPSA) is 141 Å². The van der Waals surface area contributed by atoms with Crippen molar-refractivity contribution in [3.8, 4) is 11.8 Å². The Balaban J connectivity index is 0.00000195. The van der Waals surface area contributed by atoms with Gasteiger partial charge in [-0.05, 0) is 67.1 Å². The van der Waals surface area contributed by atoms with Crippen LogP contribution >= 0.6 is 11.9 Å². The van der Waals surface area contributed by atoms with Gasteiger partial charge in [-0.1, -0.05) is 39.8 Å². The van der Waals surface area contributed by atoms with Crippen LogP contribution in [0.2, 0.25) is 0 Å². The maximum atomic E-state index is 11.7. The number of hydrogen-bond donors (Lipinski definition) is 2. The molecule has 0 aromatic heterocycles. The van der Waals surface area contributed by atoms with Gasteiger partial charge in [-0.25, -0.2) is 0 Å². The van der Waals surface area contributed by atoms with E-state index in [1.54, 1.807) is 37.4 Å². The summed E-state index contributed by atoms with van der Waals surface area (Å²) in [7, 11) is 1.62. The number of aromatic hydroxyl groups is 1. The molecule has 0 saturated heterocycles. The Morgan fingerprint density at radius 3 is 2.50 bits per heavy atom. The number of benzene rings is 2. The van der Waals surface area contributed by atoms with Crippen molar-refractivity contribution in [1.29, 1.82) is 5.26 Å². The summed E-state index contributed by atoms with van der Waals surface area (Å²) in [6, 6.07) is 12.2. The second-order valence-corrected chi connectivity index (χ2v) is 10.8. The molecule has 0 spiro atoms. The van der Waals surface area contributed by atoms with Crippen molar-refractivity contribution in [1.82, 2.24) is 0 Å². The lowest BCUT2D eigenvalue weighted by atomic mass is 9.70. The molecule has 4 rings (SSSR count). The molecule has 0 heterocycles. The van der Waals surface area contributed by atoms with Crippen LogP contribution in [0, 0.1) is 32.3 Å². The summed E-state index contributed by atoms with van der Waals surface area (Å²) in [6.45, 7) is 12.1. The Morgan fingerprint density at radius 1 is 1.29 bits per heavy atom. The standard InChI is InChI=1S/C26H28N6O3S.C2H6/c1-25(2)13-17-16(22(29-3)21(25)24(28)30-4)9-10-19(33)23(17)31(15-26(14-27)11-12-26)36-20-8-6-5-7-18(20)32(34)35;1-2/h5-10,33H,3,11-13,15H2,1-2,4H3,(H2,28,30);1-2H3. The molecule has 0 amide bonds. The number of amidine groups is 1. The minimum atomic E-state index is -0.574. The number of hydrogen-bond acceptors (Lipinski definition) is 8. The number of aliphatic imine (C=N–C) groups is 2. The first-order chi connectivity index (χ1) is 18.1. The fraction of sp³-hybridized carbons (Fsp3) is 0.393. The molecule has 0 atom stereocenters. The number of fused-ring (bicyclic) bond motifs is 1. The van der Waals surface area contributed by atoms with E-state index in [0.717, 1.165) is 41.5 Å². The lowest BCUT2D eigenvalue weighted by Crippen LogP contribution is -2.34. The van der Waals surface area contributed by atoms with Crippen LogP contribution in [0.25, 0.3) is 5.70 Å². The zero-order chi connectivity index (χ0) is 28.3. The van der Waals surface area contributed by atoms with E-state index >= 15 is 0 Å². The zero-order valence-electron chi connectivity index (χ0n) is 22.5. The maximum Gasteiger partial charge on any atom is 0.284 e. The van der Waals surface area contributed by atoms with E-state index in [1.165, 1.54) is 6.07 Å². The molecule has 0 radical (unpaired) electrons. The van der Waals surface area contributed by atoms with Crippen LogP contribution < -0.4 is 10.0 Å². The Kier molecular flexibility index (Phi) is 8.52. The minimum absolute atomic E-state index is 0.0216. The molecule has 0 aliphatic heterocycles. The quantitative estimate of drug-likeness (QED) is 0.136. The van der Waals surface area contributed by atoms with Crippen molar-refractivity contribution in [3.05, 3.63) is 63.2 Å². The zero-order valence-corrected chi connectivity index (χ0v) is 23.3. The lowest BCUT2D eigenvalue weighted by Gasteiger charge is -2.38. The van der Waals surface area contributed by atoms with E-state index in [-0.39, 0.29) is 11.4 Å². The van der Waals surface area contributed by atoms with Crippen LogP contribution in [0.5, 0.6) is 5.75 Å². The van der Waals surface area contributed by atoms with Gasteiger partial charge in [0, 0.05) is 30.8 Å². The summed E-state index contributed by atoms with van der Waals surface area (Å²) >= 11 is 1.16. The minimum Gasteiger partial charge on any atom is -0.506 e. The predicted molar refractivity (Wildman–Crippen MR) is 155 cm³/mol. The number of rotatable bonds is 8. The molecule has 3 N–H and O–H groups in total. The number of nitro benzene ring substituents is 1. The molecule has 200 valence electrons. The van der Waals surface area contributed by atoms with Crippen molar-refractivity contribution in [2.45, 2.75) is 51.9 Å². The van der Waals surface area contributed by atoms with Crippen molar-refractivity contribution in [2.75, 3.05) is 17.9 Å². The lowest BCUT2D eigenvalue weighted by molar-refractivity contribution is -0.387. The summed E-state index contributed by atoms with van der Waals surface area (Å²) in [5.74, 6) is 0.392. The van der Waals surface area contributed by atoms with Crippen LogP contribution in [0.3, 0.4) is 0 Å². The molecule has 2 aromatic rings. The van der Waals surface area contributed by atoms with Crippen LogP contribution in [-0.4, -0.2) is 36.2 Å². The molecule has 10 heteroatoms. The van der Waals surface area contributed by atoms with Crippen molar-refractivity contribution < 1.29 is 10.0 Å². The number of nitriles is 1. The van der Waals surface area contributed by atoms with Gasteiger partial charge >= 0.3 is 0 Å². The van der Waals surface area contributed by atoms with Gasteiger partial charge in [0.1, 0.15) is 16.5 Å². The molecule has 0 unspecified atom stereocenters. The molecule has 9 nitrogen and oxygen atoms in total. The van der Waals surface area contributed by atoms with E-state index in [2.05, 4.69) is 22.8 Å².